The number of aromatic nitrogens is 2. The second kappa shape index (κ2) is 8.96. The molecule has 3 rings (SSSR count). The van der Waals surface area contributed by atoms with E-state index in [1.807, 2.05) is 7.05 Å². The van der Waals surface area contributed by atoms with Gasteiger partial charge in [0.05, 0.1) is 18.9 Å². The third kappa shape index (κ3) is 4.71. The summed E-state index contributed by atoms with van der Waals surface area (Å²) in [6.07, 6.45) is 2.03. The SMILES string of the molecule is CCc1ccc(CN(C)c2cc([C@H]3CCOC3)nc(NCCO)n2)cc1. The van der Waals surface area contributed by atoms with Crippen LogP contribution >= 0.6 is 0 Å². The van der Waals surface area contributed by atoms with Crippen LogP contribution in [0.15, 0.2) is 30.3 Å². The first-order chi connectivity index (χ1) is 12.7. The Kier molecular flexibility index (Phi) is 6.41. The predicted molar refractivity (Wildman–Crippen MR) is 104 cm³/mol. The average Bonchev–Trinajstić information content (AvgIpc) is 3.21. The van der Waals surface area contributed by atoms with E-state index in [1.165, 1.54) is 11.1 Å². The highest BCUT2D eigenvalue weighted by Crippen LogP contribution is 2.27. The molecule has 0 unspecified atom stereocenters. The largest absolute Gasteiger partial charge is 0.395 e. The van der Waals surface area contributed by atoms with E-state index in [0.717, 1.165) is 37.5 Å². The number of benzene rings is 1. The Morgan fingerprint density at radius 2 is 2.00 bits per heavy atom. The van der Waals surface area contributed by atoms with Gasteiger partial charge in [0, 0.05) is 38.7 Å². The van der Waals surface area contributed by atoms with Crippen LogP contribution in [0.4, 0.5) is 11.8 Å². The lowest BCUT2D eigenvalue weighted by Gasteiger charge is -2.21. The number of aryl methyl sites for hydroxylation is 1. The van der Waals surface area contributed by atoms with E-state index in [1.54, 1.807) is 0 Å². The molecule has 0 aliphatic carbocycles. The molecule has 2 heterocycles. The highest BCUT2D eigenvalue weighted by atomic mass is 16.5. The van der Waals surface area contributed by atoms with E-state index in [9.17, 15) is 0 Å². The van der Waals surface area contributed by atoms with Gasteiger partial charge in [0.25, 0.3) is 0 Å². The molecule has 0 amide bonds. The summed E-state index contributed by atoms with van der Waals surface area (Å²) in [4.78, 5) is 11.4. The van der Waals surface area contributed by atoms with Crippen LogP contribution in [0.5, 0.6) is 0 Å². The zero-order valence-corrected chi connectivity index (χ0v) is 15.6. The van der Waals surface area contributed by atoms with Crippen molar-refractivity contribution in [1.29, 1.82) is 0 Å². The number of hydrogen-bond donors (Lipinski definition) is 2. The molecule has 1 fully saturated rings. The topological polar surface area (TPSA) is 70.5 Å². The van der Waals surface area contributed by atoms with E-state index in [2.05, 4.69) is 57.4 Å². The zero-order valence-electron chi connectivity index (χ0n) is 15.6. The van der Waals surface area contributed by atoms with Gasteiger partial charge < -0.3 is 20.1 Å². The van der Waals surface area contributed by atoms with Gasteiger partial charge in [-0.05, 0) is 24.0 Å². The summed E-state index contributed by atoms with van der Waals surface area (Å²) < 4.78 is 5.52. The first kappa shape index (κ1) is 18.6. The quantitative estimate of drug-likeness (QED) is 0.758. The van der Waals surface area contributed by atoms with Crippen molar-refractivity contribution in [3.05, 3.63) is 47.2 Å². The Labute approximate surface area is 155 Å². The smallest absolute Gasteiger partial charge is 0.224 e. The van der Waals surface area contributed by atoms with Gasteiger partial charge >= 0.3 is 0 Å². The fraction of sp³-hybridized carbons (Fsp3) is 0.500. The minimum absolute atomic E-state index is 0.0507. The Hall–Kier alpha value is -2.18. The van der Waals surface area contributed by atoms with Gasteiger partial charge in [-0.25, -0.2) is 4.98 Å². The number of aliphatic hydroxyl groups excluding tert-OH is 1. The molecule has 0 bridgehead atoms. The second-order valence-electron chi connectivity index (χ2n) is 6.71. The first-order valence-electron chi connectivity index (χ1n) is 9.30. The van der Waals surface area contributed by atoms with Crippen molar-refractivity contribution in [2.45, 2.75) is 32.2 Å². The highest BCUT2D eigenvalue weighted by molar-refractivity contribution is 5.46. The molecule has 1 aliphatic rings. The molecule has 6 nitrogen and oxygen atoms in total. The highest BCUT2D eigenvalue weighted by Gasteiger charge is 2.21. The van der Waals surface area contributed by atoms with E-state index in [0.29, 0.717) is 25.0 Å². The third-order valence-corrected chi connectivity index (χ3v) is 4.72. The van der Waals surface area contributed by atoms with Crippen LogP contribution in [0, 0.1) is 0 Å². The molecule has 1 aromatic carbocycles. The summed E-state index contributed by atoms with van der Waals surface area (Å²) >= 11 is 0. The van der Waals surface area contributed by atoms with Crippen molar-refractivity contribution in [3.63, 3.8) is 0 Å². The van der Waals surface area contributed by atoms with Crippen LogP contribution < -0.4 is 10.2 Å². The minimum atomic E-state index is 0.0507. The monoisotopic (exact) mass is 356 g/mol. The predicted octanol–water partition coefficient (Wildman–Crippen LogP) is 2.58. The summed E-state index contributed by atoms with van der Waals surface area (Å²) in [6, 6.07) is 10.8. The third-order valence-electron chi connectivity index (χ3n) is 4.72. The molecule has 140 valence electrons. The number of aliphatic hydroxyl groups is 1. The molecule has 26 heavy (non-hydrogen) atoms. The molecule has 6 heteroatoms. The lowest BCUT2D eigenvalue weighted by atomic mass is 10.0. The molecule has 0 spiro atoms. The summed E-state index contributed by atoms with van der Waals surface area (Å²) in [6.45, 7) is 4.92. The van der Waals surface area contributed by atoms with Gasteiger partial charge in [0.1, 0.15) is 5.82 Å². The molecule has 1 atom stereocenters. The van der Waals surface area contributed by atoms with Crippen molar-refractivity contribution in [3.8, 4) is 0 Å². The van der Waals surface area contributed by atoms with Crippen LogP contribution in [0.25, 0.3) is 0 Å². The molecular weight excluding hydrogens is 328 g/mol. The van der Waals surface area contributed by atoms with Crippen LogP contribution in [0.1, 0.15) is 36.1 Å². The van der Waals surface area contributed by atoms with Gasteiger partial charge in [-0.3, -0.25) is 0 Å². The van der Waals surface area contributed by atoms with E-state index in [4.69, 9.17) is 9.84 Å². The van der Waals surface area contributed by atoms with Gasteiger partial charge in [-0.1, -0.05) is 31.2 Å². The summed E-state index contributed by atoms with van der Waals surface area (Å²) in [7, 11) is 2.04. The van der Waals surface area contributed by atoms with E-state index < -0.39 is 0 Å². The molecule has 0 radical (unpaired) electrons. The zero-order chi connectivity index (χ0) is 18.4. The number of nitrogens with one attached hydrogen (secondary N) is 1. The van der Waals surface area contributed by atoms with Crippen LogP contribution in [0.3, 0.4) is 0 Å². The van der Waals surface area contributed by atoms with Crippen molar-refractivity contribution >= 4 is 11.8 Å². The fourth-order valence-electron chi connectivity index (χ4n) is 3.11. The van der Waals surface area contributed by atoms with Crippen molar-refractivity contribution in [2.75, 3.05) is 43.6 Å². The van der Waals surface area contributed by atoms with Crippen LogP contribution in [-0.2, 0) is 17.7 Å². The van der Waals surface area contributed by atoms with Crippen LogP contribution in [-0.4, -0.2) is 48.5 Å². The molecule has 1 aromatic heterocycles. The normalized spacial score (nSPS) is 16.7. The first-order valence-corrected chi connectivity index (χ1v) is 9.30. The van der Waals surface area contributed by atoms with E-state index >= 15 is 0 Å². The summed E-state index contributed by atoms with van der Waals surface area (Å²) in [5.41, 5.74) is 3.59. The van der Waals surface area contributed by atoms with Crippen molar-refractivity contribution in [2.24, 2.45) is 0 Å². The van der Waals surface area contributed by atoms with Gasteiger partial charge in [0.15, 0.2) is 0 Å². The van der Waals surface area contributed by atoms with Gasteiger partial charge in [-0.2, -0.15) is 4.98 Å². The summed E-state index contributed by atoms with van der Waals surface area (Å²) in [5, 5.41) is 12.2. The molecular formula is C20H28N4O2. The fourth-order valence-corrected chi connectivity index (χ4v) is 3.11. The standard InChI is InChI=1S/C20H28N4O2/c1-3-15-4-6-16(7-5-15)13-24(2)19-12-18(17-8-11-26-14-17)22-20(23-19)21-9-10-25/h4-7,12,17,25H,3,8-11,13-14H2,1-2H3,(H,21,22,23)/t17-/m0/s1. The van der Waals surface area contributed by atoms with E-state index in [-0.39, 0.29) is 6.61 Å². The average molecular weight is 356 g/mol. The Bertz CT molecular complexity index is 699. The molecule has 2 N–H and O–H groups in total. The summed E-state index contributed by atoms with van der Waals surface area (Å²) in [5.74, 6) is 1.75. The molecule has 2 aromatic rings. The number of hydrogen-bond acceptors (Lipinski definition) is 6. The Balaban J connectivity index is 1.79. The van der Waals surface area contributed by atoms with Gasteiger partial charge in [-0.15, -0.1) is 0 Å². The number of ether oxygens (including phenoxy) is 1. The maximum absolute atomic E-state index is 9.08. The van der Waals surface area contributed by atoms with Crippen molar-refractivity contribution in [1.82, 2.24) is 9.97 Å². The second-order valence-corrected chi connectivity index (χ2v) is 6.71. The Morgan fingerprint density at radius 1 is 1.23 bits per heavy atom. The van der Waals surface area contributed by atoms with Crippen molar-refractivity contribution < 1.29 is 9.84 Å². The molecule has 0 saturated carbocycles. The maximum Gasteiger partial charge on any atom is 0.224 e. The van der Waals surface area contributed by atoms with Gasteiger partial charge in [0.2, 0.25) is 5.95 Å². The molecule has 1 aliphatic heterocycles. The number of nitrogens with zero attached hydrogens (tertiary/aromatic N) is 3. The lowest BCUT2D eigenvalue weighted by molar-refractivity contribution is 0.193. The maximum atomic E-state index is 9.08. The molecule has 1 saturated heterocycles. The Morgan fingerprint density at radius 3 is 2.65 bits per heavy atom. The lowest BCUT2D eigenvalue weighted by Crippen LogP contribution is -2.20. The number of anilines is 2. The minimum Gasteiger partial charge on any atom is -0.395 e. The number of rotatable bonds is 8. The van der Waals surface area contributed by atoms with Crippen LogP contribution in [0.2, 0.25) is 0 Å².